The number of hydrogen-bond donors (Lipinski definition) is 1. The number of methoxy groups -OCH3 is 1. The van der Waals surface area contributed by atoms with Gasteiger partial charge in [-0.1, -0.05) is 6.92 Å². The molecule has 2 rings (SSSR count). The van der Waals surface area contributed by atoms with Crippen LogP contribution in [0.2, 0.25) is 0 Å². The highest BCUT2D eigenvalue weighted by Crippen LogP contribution is 2.36. The van der Waals surface area contributed by atoms with Crippen molar-refractivity contribution in [3.05, 3.63) is 11.9 Å². The molecule has 1 fully saturated rings. The van der Waals surface area contributed by atoms with Gasteiger partial charge in [-0.3, -0.25) is 4.68 Å². The highest BCUT2D eigenvalue weighted by atomic mass is 16.5. The molecule has 0 aromatic carbocycles. The van der Waals surface area contributed by atoms with E-state index < -0.39 is 5.60 Å². The van der Waals surface area contributed by atoms with Crippen LogP contribution >= 0.6 is 0 Å². The van der Waals surface area contributed by atoms with Crippen LogP contribution in [0, 0.1) is 0 Å². The van der Waals surface area contributed by atoms with Gasteiger partial charge in [0.05, 0.1) is 19.9 Å². The molecule has 0 aliphatic carbocycles. The van der Waals surface area contributed by atoms with Gasteiger partial charge in [-0.15, -0.1) is 0 Å². The van der Waals surface area contributed by atoms with Gasteiger partial charge in [-0.25, -0.2) is 0 Å². The summed E-state index contributed by atoms with van der Waals surface area (Å²) in [5.74, 6) is 0.640. The van der Waals surface area contributed by atoms with E-state index in [9.17, 15) is 5.11 Å². The zero-order chi connectivity index (χ0) is 11.6. The van der Waals surface area contributed by atoms with Crippen molar-refractivity contribution in [3.63, 3.8) is 0 Å². The summed E-state index contributed by atoms with van der Waals surface area (Å²) in [6, 6.07) is 0. The quantitative estimate of drug-likeness (QED) is 0.829. The van der Waals surface area contributed by atoms with Crippen molar-refractivity contribution in [1.82, 2.24) is 9.78 Å². The van der Waals surface area contributed by atoms with E-state index in [0.29, 0.717) is 25.4 Å². The Morgan fingerprint density at radius 1 is 1.69 bits per heavy atom. The first-order valence-corrected chi connectivity index (χ1v) is 5.61. The zero-order valence-corrected chi connectivity index (χ0v) is 9.77. The van der Waals surface area contributed by atoms with Crippen LogP contribution in [-0.2, 0) is 16.9 Å². The Kier molecular flexibility index (Phi) is 3.16. The number of ether oxygens (including phenoxy) is 2. The van der Waals surface area contributed by atoms with Gasteiger partial charge in [0.1, 0.15) is 11.3 Å². The van der Waals surface area contributed by atoms with Crippen molar-refractivity contribution < 1.29 is 14.6 Å². The molecule has 0 saturated carbocycles. The molecule has 0 radical (unpaired) electrons. The Morgan fingerprint density at radius 2 is 2.50 bits per heavy atom. The first-order valence-electron chi connectivity index (χ1n) is 5.61. The molecular weight excluding hydrogens is 208 g/mol. The standard InChI is InChI=1S/C11H18N2O3/c1-3-5-13-10(9(15-2)7-12-13)11(14)4-6-16-8-11/h7,14H,3-6,8H2,1-2H3. The SMILES string of the molecule is CCCn1ncc(OC)c1C1(O)CCOC1. The van der Waals surface area contributed by atoms with Gasteiger partial charge in [0, 0.05) is 19.6 Å². The third-order valence-electron chi connectivity index (χ3n) is 2.90. The van der Waals surface area contributed by atoms with Crippen molar-refractivity contribution in [2.24, 2.45) is 0 Å². The van der Waals surface area contributed by atoms with Crippen LogP contribution in [0.25, 0.3) is 0 Å². The fraction of sp³-hybridized carbons (Fsp3) is 0.727. The van der Waals surface area contributed by atoms with E-state index in [-0.39, 0.29) is 0 Å². The Morgan fingerprint density at radius 3 is 3.06 bits per heavy atom. The fourth-order valence-electron chi connectivity index (χ4n) is 2.11. The van der Waals surface area contributed by atoms with Gasteiger partial charge in [0.25, 0.3) is 0 Å². The van der Waals surface area contributed by atoms with Crippen molar-refractivity contribution in [3.8, 4) is 5.75 Å². The maximum absolute atomic E-state index is 10.5. The number of aliphatic hydroxyl groups is 1. The molecule has 5 nitrogen and oxygen atoms in total. The van der Waals surface area contributed by atoms with Crippen molar-refractivity contribution in [1.29, 1.82) is 0 Å². The van der Waals surface area contributed by atoms with Crippen molar-refractivity contribution in [2.75, 3.05) is 20.3 Å². The fourth-order valence-corrected chi connectivity index (χ4v) is 2.11. The number of aromatic nitrogens is 2. The summed E-state index contributed by atoms with van der Waals surface area (Å²) >= 11 is 0. The summed E-state index contributed by atoms with van der Waals surface area (Å²) in [7, 11) is 1.59. The van der Waals surface area contributed by atoms with Crippen LogP contribution < -0.4 is 4.74 Å². The van der Waals surface area contributed by atoms with Gasteiger partial charge in [0.15, 0.2) is 5.75 Å². The van der Waals surface area contributed by atoms with Crippen molar-refractivity contribution >= 4 is 0 Å². The number of hydrogen-bond acceptors (Lipinski definition) is 4. The van der Waals surface area contributed by atoms with Crippen molar-refractivity contribution in [2.45, 2.75) is 31.9 Å². The van der Waals surface area contributed by atoms with Gasteiger partial charge in [-0.2, -0.15) is 5.10 Å². The second kappa shape index (κ2) is 4.43. The van der Waals surface area contributed by atoms with Crippen LogP contribution in [0.15, 0.2) is 6.20 Å². The average Bonchev–Trinajstić information content (AvgIpc) is 2.86. The molecule has 1 aromatic heterocycles. The molecule has 16 heavy (non-hydrogen) atoms. The first kappa shape index (κ1) is 11.4. The predicted molar refractivity (Wildman–Crippen MR) is 58.4 cm³/mol. The number of nitrogens with zero attached hydrogens (tertiary/aromatic N) is 2. The highest BCUT2D eigenvalue weighted by molar-refractivity contribution is 5.31. The molecular formula is C11H18N2O3. The molecule has 1 N–H and O–H groups in total. The average molecular weight is 226 g/mol. The summed E-state index contributed by atoms with van der Waals surface area (Å²) < 4.78 is 12.3. The van der Waals surface area contributed by atoms with E-state index in [2.05, 4.69) is 12.0 Å². The minimum atomic E-state index is -0.947. The lowest BCUT2D eigenvalue weighted by atomic mass is 9.98. The van der Waals surface area contributed by atoms with Gasteiger partial charge >= 0.3 is 0 Å². The Bertz CT molecular complexity index is 356. The topological polar surface area (TPSA) is 56.5 Å². The summed E-state index contributed by atoms with van der Waals surface area (Å²) in [6.45, 7) is 3.75. The van der Waals surface area contributed by atoms with Gasteiger partial charge in [-0.05, 0) is 6.42 Å². The maximum atomic E-state index is 10.5. The van der Waals surface area contributed by atoms with Gasteiger partial charge in [0.2, 0.25) is 0 Å². The number of rotatable bonds is 4. The molecule has 5 heteroatoms. The molecule has 1 saturated heterocycles. The largest absolute Gasteiger partial charge is 0.493 e. The van der Waals surface area contributed by atoms with Crippen LogP contribution in [0.3, 0.4) is 0 Å². The molecule has 1 atom stereocenters. The molecule has 1 aliphatic heterocycles. The number of aryl methyl sites for hydroxylation is 1. The third-order valence-corrected chi connectivity index (χ3v) is 2.90. The lowest BCUT2D eigenvalue weighted by Gasteiger charge is -2.22. The Labute approximate surface area is 95.0 Å². The second-order valence-electron chi connectivity index (χ2n) is 4.12. The lowest BCUT2D eigenvalue weighted by Crippen LogP contribution is -2.30. The minimum absolute atomic E-state index is 0.318. The molecule has 90 valence electrons. The van der Waals surface area contributed by atoms with E-state index in [1.54, 1.807) is 13.3 Å². The molecule has 0 amide bonds. The molecule has 0 spiro atoms. The minimum Gasteiger partial charge on any atom is -0.493 e. The Balaban J connectivity index is 2.38. The predicted octanol–water partition coefficient (Wildman–Crippen LogP) is 0.910. The van der Waals surface area contributed by atoms with E-state index in [0.717, 1.165) is 18.7 Å². The second-order valence-corrected chi connectivity index (χ2v) is 4.12. The van der Waals surface area contributed by atoms with Crippen LogP contribution in [0.4, 0.5) is 0 Å². The van der Waals surface area contributed by atoms with E-state index in [1.807, 2.05) is 4.68 Å². The van der Waals surface area contributed by atoms with Gasteiger partial charge < -0.3 is 14.6 Å². The Hall–Kier alpha value is -1.07. The van der Waals surface area contributed by atoms with E-state index >= 15 is 0 Å². The molecule has 1 aliphatic rings. The maximum Gasteiger partial charge on any atom is 0.163 e. The smallest absolute Gasteiger partial charge is 0.163 e. The molecule has 1 unspecified atom stereocenters. The van der Waals surface area contributed by atoms with Crippen LogP contribution in [0.5, 0.6) is 5.75 Å². The highest BCUT2D eigenvalue weighted by Gasteiger charge is 2.40. The lowest BCUT2D eigenvalue weighted by molar-refractivity contribution is 0.0133. The molecule has 2 heterocycles. The molecule has 1 aromatic rings. The molecule has 0 bridgehead atoms. The third kappa shape index (κ3) is 1.81. The monoisotopic (exact) mass is 226 g/mol. The zero-order valence-electron chi connectivity index (χ0n) is 9.77. The van der Waals surface area contributed by atoms with Crippen LogP contribution in [0.1, 0.15) is 25.5 Å². The summed E-state index contributed by atoms with van der Waals surface area (Å²) in [6.07, 6.45) is 3.22. The summed E-state index contributed by atoms with van der Waals surface area (Å²) in [4.78, 5) is 0. The van der Waals surface area contributed by atoms with E-state index in [1.165, 1.54) is 0 Å². The first-order chi connectivity index (χ1) is 7.71. The van der Waals surface area contributed by atoms with Crippen LogP contribution in [-0.4, -0.2) is 35.2 Å². The van der Waals surface area contributed by atoms with E-state index in [4.69, 9.17) is 9.47 Å². The summed E-state index contributed by atoms with van der Waals surface area (Å²) in [5.41, 5.74) is -0.203. The normalized spacial score (nSPS) is 24.9. The summed E-state index contributed by atoms with van der Waals surface area (Å²) in [5, 5.41) is 14.7.